The fraction of sp³-hybridized carbons (Fsp3) is 0.400. The molecule has 0 fully saturated rings. The Hall–Kier alpha value is -1.91. The monoisotopic (exact) mass is 283 g/mol. The van der Waals surface area contributed by atoms with E-state index >= 15 is 0 Å². The van der Waals surface area contributed by atoms with Crippen molar-refractivity contribution >= 4 is 17.7 Å². The topological polar surface area (TPSA) is 40.5 Å². The minimum Gasteiger partial charge on any atom is -0.478 e. The first-order chi connectivity index (χ1) is 9.35. The molecule has 1 atom stereocenters. The zero-order chi connectivity index (χ0) is 15.3. The van der Waals surface area contributed by atoms with Gasteiger partial charge in [0.1, 0.15) is 17.3 Å². The third-order valence-electron chi connectivity index (χ3n) is 3.12. The number of carboxylic acid groups (broad SMARTS) is 1. The van der Waals surface area contributed by atoms with Gasteiger partial charge in [0.25, 0.3) is 0 Å². The van der Waals surface area contributed by atoms with E-state index in [1.54, 1.807) is 11.9 Å². The molecule has 1 aromatic carbocycles. The molecule has 1 N–H and O–H groups in total. The molecule has 1 rings (SSSR count). The van der Waals surface area contributed by atoms with Crippen molar-refractivity contribution in [3.05, 3.63) is 35.4 Å². The van der Waals surface area contributed by atoms with Gasteiger partial charge in [-0.25, -0.2) is 13.6 Å². The van der Waals surface area contributed by atoms with Crippen LogP contribution in [0.4, 0.5) is 14.5 Å². The number of halogens is 2. The molecule has 20 heavy (non-hydrogen) atoms. The third-order valence-corrected chi connectivity index (χ3v) is 3.12. The van der Waals surface area contributed by atoms with Gasteiger partial charge >= 0.3 is 5.97 Å². The number of nitrogens with zero attached hydrogens (tertiary/aromatic N) is 1. The number of carboxylic acids is 1. The van der Waals surface area contributed by atoms with Gasteiger partial charge in [0.15, 0.2) is 0 Å². The second kappa shape index (κ2) is 7.03. The van der Waals surface area contributed by atoms with Crippen LogP contribution < -0.4 is 4.90 Å². The van der Waals surface area contributed by atoms with Crippen molar-refractivity contribution in [2.24, 2.45) is 5.92 Å². The summed E-state index contributed by atoms with van der Waals surface area (Å²) in [7, 11) is 1.64. The van der Waals surface area contributed by atoms with Gasteiger partial charge in [-0.2, -0.15) is 0 Å². The highest BCUT2D eigenvalue weighted by Gasteiger charge is 2.16. The molecule has 0 aromatic heterocycles. The van der Waals surface area contributed by atoms with E-state index in [4.69, 9.17) is 5.11 Å². The van der Waals surface area contributed by atoms with Crippen molar-refractivity contribution in [1.29, 1.82) is 0 Å². The molecule has 0 heterocycles. The van der Waals surface area contributed by atoms with Crippen molar-refractivity contribution < 1.29 is 18.7 Å². The Kier molecular flexibility index (Phi) is 5.67. The Morgan fingerprint density at radius 3 is 2.40 bits per heavy atom. The molecule has 1 aromatic rings. The van der Waals surface area contributed by atoms with E-state index in [2.05, 4.69) is 0 Å². The normalized spacial score (nSPS) is 12.7. The Balaban J connectivity index is 3.02. The minimum atomic E-state index is -1.16. The van der Waals surface area contributed by atoms with E-state index in [1.165, 1.54) is 0 Å². The van der Waals surface area contributed by atoms with Gasteiger partial charge < -0.3 is 10.0 Å². The predicted octanol–water partition coefficient (Wildman–Crippen LogP) is 3.54. The molecule has 0 aliphatic rings. The van der Waals surface area contributed by atoms with Crippen LogP contribution in [0.1, 0.15) is 25.8 Å². The van der Waals surface area contributed by atoms with Gasteiger partial charge in [-0.3, -0.25) is 0 Å². The Bertz CT molecular complexity index is 492. The molecule has 0 aliphatic carbocycles. The zero-order valence-corrected chi connectivity index (χ0v) is 11.9. The molecule has 0 saturated heterocycles. The number of anilines is 1. The van der Waals surface area contributed by atoms with Crippen LogP contribution in [0, 0.1) is 17.6 Å². The van der Waals surface area contributed by atoms with Crippen LogP contribution in [-0.4, -0.2) is 24.7 Å². The predicted molar refractivity (Wildman–Crippen MR) is 75.8 cm³/mol. The molecule has 0 saturated carbocycles. The molecule has 0 amide bonds. The van der Waals surface area contributed by atoms with Crippen LogP contribution >= 0.6 is 0 Å². The lowest BCUT2D eigenvalue weighted by atomic mass is 10.1. The van der Waals surface area contributed by atoms with Crippen LogP contribution in [-0.2, 0) is 4.79 Å². The van der Waals surface area contributed by atoms with Crippen molar-refractivity contribution in [1.82, 2.24) is 0 Å². The maximum atomic E-state index is 14.0. The van der Waals surface area contributed by atoms with Gasteiger partial charge in [-0.15, -0.1) is 0 Å². The summed E-state index contributed by atoms with van der Waals surface area (Å²) in [5, 5.41) is 8.50. The molecule has 0 bridgehead atoms. The number of hydrogen-bond donors (Lipinski definition) is 1. The zero-order valence-electron chi connectivity index (χ0n) is 11.9. The van der Waals surface area contributed by atoms with E-state index in [-0.39, 0.29) is 11.3 Å². The highest BCUT2D eigenvalue weighted by Crippen LogP contribution is 2.25. The molecule has 1 unspecified atom stereocenters. The summed E-state index contributed by atoms with van der Waals surface area (Å²) in [6.07, 6.45) is 2.93. The summed E-state index contributed by atoms with van der Waals surface area (Å²) in [5.41, 5.74) is 0.0980. The van der Waals surface area contributed by atoms with Crippen LogP contribution in [0.15, 0.2) is 18.2 Å². The van der Waals surface area contributed by atoms with Crippen LogP contribution in [0.5, 0.6) is 0 Å². The average Bonchev–Trinajstić information content (AvgIpc) is 2.35. The van der Waals surface area contributed by atoms with E-state index in [0.29, 0.717) is 12.5 Å². The number of aliphatic carboxylic acids is 1. The first kappa shape index (κ1) is 16.1. The fourth-order valence-corrected chi connectivity index (χ4v) is 1.90. The Labute approximate surface area is 117 Å². The summed E-state index contributed by atoms with van der Waals surface area (Å²) in [5.74, 6) is -2.23. The molecular weight excluding hydrogens is 264 g/mol. The van der Waals surface area contributed by atoms with Crippen molar-refractivity contribution in [2.45, 2.75) is 20.3 Å². The van der Waals surface area contributed by atoms with E-state index < -0.39 is 17.6 Å². The smallest absolute Gasteiger partial charge is 0.328 e. The van der Waals surface area contributed by atoms with Gasteiger partial charge in [0.05, 0.1) is 0 Å². The summed E-state index contributed by atoms with van der Waals surface area (Å²) in [6, 6.07) is 2.26. The number of hydrogen-bond acceptors (Lipinski definition) is 2. The summed E-state index contributed by atoms with van der Waals surface area (Å²) in [6.45, 7) is 4.58. The quantitative estimate of drug-likeness (QED) is 0.812. The highest BCUT2D eigenvalue weighted by atomic mass is 19.1. The summed E-state index contributed by atoms with van der Waals surface area (Å²) < 4.78 is 28.0. The largest absolute Gasteiger partial charge is 0.478 e. The molecule has 0 radical (unpaired) electrons. The maximum Gasteiger partial charge on any atom is 0.328 e. The van der Waals surface area contributed by atoms with E-state index in [9.17, 15) is 13.6 Å². The summed E-state index contributed by atoms with van der Waals surface area (Å²) in [4.78, 5) is 11.9. The SMILES string of the molecule is CCC(C)CN(C)c1c(F)cc(C=CC(=O)O)cc1F. The lowest BCUT2D eigenvalue weighted by Crippen LogP contribution is -2.25. The molecule has 110 valence electrons. The lowest BCUT2D eigenvalue weighted by Gasteiger charge is -2.24. The van der Waals surface area contributed by atoms with Gasteiger partial charge in [-0.05, 0) is 29.7 Å². The Morgan fingerprint density at radius 2 is 1.95 bits per heavy atom. The molecular formula is C15H19F2NO2. The van der Waals surface area contributed by atoms with Crippen molar-refractivity contribution in [3.8, 4) is 0 Å². The highest BCUT2D eigenvalue weighted by molar-refractivity contribution is 5.85. The number of rotatable bonds is 6. The van der Waals surface area contributed by atoms with Crippen LogP contribution in [0.3, 0.4) is 0 Å². The first-order valence-corrected chi connectivity index (χ1v) is 6.46. The van der Waals surface area contributed by atoms with Crippen molar-refractivity contribution in [3.63, 3.8) is 0 Å². The second-order valence-corrected chi connectivity index (χ2v) is 4.90. The van der Waals surface area contributed by atoms with Gasteiger partial charge in [-0.1, -0.05) is 20.3 Å². The average molecular weight is 283 g/mol. The van der Waals surface area contributed by atoms with Crippen molar-refractivity contribution in [2.75, 3.05) is 18.5 Å². The van der Waals surface area contributed by atoms with E-state index in [1.807, 2.05) is 13.8 Å². The summed E-state index contributed by atoms with van der Waals surface area (Å²) >= 11 is 0. The fourth-order valence-electron chi connectivity index (χ4n) is 1.90. The maximum absolute atomic E-state index is 14.0. The van der Waals surface area contributed by atoms with Gasteiger partial charge in [0, 0.05) is 19.7 Å². The standard InChI is InChI=1S/C15H19F2NO2/c1-4-10(2)9-18(3)15-12(16)7-11(8-13(15)17)5-6-14(19)20/h5-8,10H,4,9H2,1-3H3,(H,19,20). The molecule has 5 heteroatoms. The third kappa shape index (κ3) is 4.33. The van der Waals surface area contributed by atoms with E-state index in [0.717, 1.165) is 30.7 Å². The molecule has 0 spiro atoms. The Morgan fingerprint density at radius 1 is 1.40 bits per heavy atom. The minimum absolute atomic E-state index is 0.0854. The first-order valence-electron chi connectivity index (χ1n) is 6.46. The van der Waals surface area contributed by atoms with Crippen LogP contribution in [0.2, 0.25) is 0 Å². The number of benzene rings is 1. The second-order valence-electron chi connectivity index (χ2n) is 4.90. The van der Waals surface area contributed by atoms with Gasteiger partial charge in [0.2, 0.25) is 0 Å². The number of carbonyl (C=O) groups is 1. The van der Waals surface area contributed by atoms with Crippen LogP contribution in [0.25, 0.3) is 6.08 Å². The molecule has 0 aliphatic heterocycles. The molecule has 3 nitrogen and oxygen atoms in total. The lowest BCUT2D eigenvalue weighted by molar-refractivity contribution is -0.131.